The van der Waals surface area contributed by atoms with E-state index in [4.69, 9.17) is 18.9 Å². The molecule has 0 aliphatic carbocycles. The molecule has 4 unspecified atom stereocenters. The molecule has 2 aliphatic heterocycles. The van der Waals surface area contributed by atoms with Crippen molar-refractivity contribution < 1.29 is 61.1 Å². The molecule has 0 bridgehead atoms. The highest BCUT2D eigenvalue weighted by atomic mass is 32.2. The summed E-state index contributed by atoms with van der Waals surface area (Å²) in [6, 6.07) is 47.5. The fourth-order valence-corrected chi connectivity index (χ4v) is 12.3. The lowest BCUT2D eigenvalue weighted by Crippen LogP contribution is -2.62. The number of fused-ring (bicyclic) bond motifs is 2. The maximum absolute atomic E-state index is 14.3. The Morgan fingerprint density at radius 1 is 0.581 bits per heavy atom. The van der Waals surface area contributed by atoms with Crippen LogP contribution in [0, 0.1) is 10.1 Å². The molecule has 2 fully saturated rings. The van der Waals surface area contributed by atoms with E-state index >= 15 is 0 Å². The molecule has 86 heavy (non-hydrogen) atoms. The zero-order valence-corrected chi connectivity index (χ0v) is 48.6. The Morgan fingerprint density at radius 2 is 1.05 bits per heavy atom. The van der Waals surface area contributed by atoms with Gasteiger partial charge in [-0.2, -0.15) is 4.31 Å². The number of ether oxygens (including phenoxy) is 4. The predicted octanol–water partition coefficient (Wildman–Crippen LogP) is 7.87. The molecule has 21 nitrogen and oxygen atoms in total. The molecule has 7 aromatic rings. The first-order valence-electron chi connectivity index (χ1n) is 28.2. The van der Waals surface area contributed by atoms with Gasteiger partial charge in [0.2, 0.25) is 11.8 Å². The number of rotatable bonds is 23. The Bertz CT molecular complexity index is 3610. The van der Waals surface area contributed by atoms with E-state index in [1.165, 1.54) is 31.3 Å². The first-order valence-corrected chi connectivity index (χ1v) is 29.7. The number of alkyl carbamates (subject to hydrolysis) is 2. The van der Waals surface area contributed by atoms with Crippen molar-refractivity contribution in [1.82, 2.24) is 30.1 Å². The van der Waals surface area contributed by atoms with E-state index < -0.39 is 79.7 Å². The summed E-state index contributed by atoms with van der Waals surface area (Å²) < 4.78 is 49.5. The molecule has 7 aromatic carbocycles. The van der Waals surface area contributed by atoms with E-state index in [-0.39, 0.29) is 58.0 Å². The van der Waals surface area contributed by atoms with Crippen molar-refractivity contribution in [2.45, 2.75) is 80.8 Å². The Balaban J connectivity index is 0.000000232. The maximum Gasteiger partial charge on any atom is 0.407 e. The SMILES string of the molecule is COC(=O)C(Cc1ccc2ccccc2c1)N1CCN(S(=O)(=O)c2ccccc2[N+](=O)[O-])C(CCCNC(=O)OCc2ccccc2)C1=O.COC(=O)C(Cc1ccc2ccccc2c1)N1CCNC(CCCNC(=O)OCc2ccccc2)C1=O. The van der Waals surface area contributed by atoms with Crippen LogP contribution in [-0.2, 0) is 74.2 Å². The number of para-hydroxylation sites is 1. The number of carbonyl (C=O) groups is 6. The molecule has 9 rings (SSSR count). The standard InChI is InChI=1S/C35H36N4O9S.C29H33N3O5/c1-47-34(41)31(23-26-17-18-27-12-5-6-13-28(27)22-26)37-20-21-38(49(45,46)32-16-8-7-14-29(32)39(43)44)30(33(37)40)15-9-19-36-35(42)48-24-25-10-3-2-4-11-25;1-36-28(34)26(19-22-13-14-23-10-5-6-11-24(23)18-22)32-17-16-30-25(27(32)33)12-7-15-31-29(35)37-20-21-8-3-2-4-9-21/h2-8,10-14,16-18,22,30-31H,9,15,19-21,23-24H2,1H3,(H,36,42);2-6,8-11,13-14,18,25-26,30H,7,12,15-17,19-20H2,1H3,(H,31,35). The number of amides is 4. The summed E-state index contributed by atoms with van der Waals surface area (Å²) in [5.41, 5.74) is 2.83. The zero-order chi connectivity index (χ0) is 61.0. The third kappa shape index (κ3) is 16.5. The van der Waals surface area contributed by atoms with Crippen LogP contribution in [0.2, 0.25) is 0 Å². The topological polar surface area (TPSA) is 262 Å². The number of hydrogen-bond acceptors (Lipinski definition) is 15. The molecule has 3 N–H and O–H groups in total. The largest absolute Gasteiger partial charge is 0.467 e. The van der Waals surface area contributed by atoms with Gasteiger partial charge in [0.05, 0.1) is 25.2 Å². The Morgan fingerprint density at radius 3 is 1.56 bits per heavy atom. The van der Waals surface area contributed by atoms with Crippen LogP contribution in [0.25, 0.3) is 21.5 Å². The summed E-state index contributed by atoms with van der Waals surface area (Å²) in [7, 11) is -1.99. The van der Waals surface area contributed by atoms with Crippen molar-refractivity contribution in [2.75, 3.05) is 53.5 Å². The molecule has 0 radical (unpaired) electrons. The van der Waals surface area contributed by atoms with Gasteiger partial charge in [-0.25, -0.2) is 27.6 Å². The number of methoxy groups -OCH3 is 2. The first-order chi connectivity index (χ1) is 41.6. The van der Waals surface area contributed by atoms with Gasteiger partial charge in [0, 0.05) is 58.2 Å². The van der Waals surface area contributed by atoms with Crippen LogP contribution in [0.4, 0.5) is 15.3 Å². The number of nitro benzene ring substituents is 1. The zero-order valence-electron chi connectivity index (χ0n) is 47.8. The molecule has 4 amide bonds. The minimum Gasteiger partial charge on any atom is -0.467 e. The highest BCUT2D eigenvalue weighted by Gasteiger charge is 2.46. The molecular weight excluding hydrogens is 1120 g/mol. The fraction of sp³-hybridized carbons (Fsp3) is 0.312. The Kier molecular flexibility index (Phi) is 22.3. The lowest BCUT2D eigenvalue weighted by Gasteiger charge is -2.42. The molecule has 2 aliphatic rings. The molecule has 2 saturated heterocycles. The molecule has 2 heterocycles. The molecule has 0 aromatic heterocycles. The minimum absolute atomic E-state index is 0.0499. The van der Waals surface area contributed by atoms with E-state index in [1.54, 1.807) is 17.0 Å². The van der Waals surface area contributed by atoms with Crippen LogP contribution >= 0.6 is 0 Å². The number of nitrogens with zero attached hydrogens (tertiary/aromatic N) is 4. The van der Waals surface area contributed by atoms with Crippen molar-refractivity contribution in [3.8, 4) is 0 Å². The van der Waals surface area contributed by atoms with Crippen LogP contribution in [0.3, 0.4) is 0 Å². The van der Waals surface area contributed by atoms with Crippen LogP contribution < -0.4 is 16.0 Å². The van der Waals surface area contributed by atoms with E-state index in [1.807, 2.05) is 127 Å². The van der Waals surface area contributed by atoms with Gasteiger partial charge in [0.25, 0.3) is 15.7 Å². The molecule has 0 saturated carbocycles. The maximum atomic E-state index is 14.3. The summed E-state index contributed by atoms with van der Waals surface area (Å²) in [4.78, 5) is 91.1. The normalized spacial score (nSPS) is 16.0. The Labute approximate surface area is 498 Å². The number of sulfonamides is 1. The van der Waals surface area contributed by atoms with Crippen LogP contribution in [0.15, 0.2) is 175 Å². The molecular formula is C64H69N7O14S. The average Bonchev–Trinajstić information content (AvgIpc) is 1.28. The van der Waals surface area contributed by atoms with E-state index in [0.29, 0.717) is 38.9 Å². The fourth-order valence-electron chi connectivity index (χ4n) is 10.5. The van der Waals surface area contributed by atoms with Crippen molar-refractivity contribution in [2.24, 2.45) is 0 Å². The number of piperazine rings is 2. The molecule has 0 spiro atoms. The molecule has 4 atom stereocenters. The lowest BCUT2D eigenvalue weighted by molar-refractivity contribution is -0.387. The summed E-state index contributed by atoms with van der Waals surface area (Å²) in [5.74, 6) is -1.88. The number of nitro groups is 1. The summed E-state index contributed by atoms with van der Waals surface area (Å²) in [5, 5.41) is 24.5. The van der Waals surface area contributed by atoms with Gasteiger partial charge in [0.1, 0.15) is 31.3 Å². The number of esters is 2. The van der Waals surface area contributed by atoms with Gasteiger partial charge >= 0.3 is 24.1 Å². The third-order valence-corrected chi connectivity index (χ3v) is 16.9. The number of nitrogens with one attached hydrogen (secondary N) is 3. The number of benzene rings is 7. The minimum atomic E-state index is -4.55. The predicted molar refractivity (Wildman–Crippen MR) is 321 cm³/mol. The van der Waals surface area contributed by atoms with Crippen LogP contribution in [-0.4, -0.2) is 141 Å². The number of carbonyl (C=O) groups excluding carboxylic acids is 6. The van der Waals surface area contributed by atoms with Crippen molar-refractivity contribution in [3.05, 3.63) is 202 Å². The molecule has 450 valence electrons. The van der Waals surface area contributed by atoms with Gasteiger partial charge in [-0.05, 0) is 75.5 Å². The van der Waals surface area contributed by atoms with E-state index in [2.05, 4.69) is 22.0 Å². The van der Waals surface area contributed by atoms with E-state index in [0.717, 1.165) is 60.2 Å². The van der Waals surface area contributed by atoms with Crippen LogP contribution in [0.5, 0.6) is 0 Å². The number of hydrogen-bond donors (Lipinski definition) is 3. The smallest absolute Gasteiger partial charge is 0.407 e. The molecule has 22 heteroatoms. The van der Waals surface area contributed by atoms with Crippen molar-refractivity contribution in [3.63, 3.8) is 0 Å². The van der Waals surface area contributed by atoms with Crippen molar-refractivity contribution >= 4 is 73.2 Å². The van der Waals surface area contributed by atoms with Gasteiger partial charge < -0.3 is 44.7 Å². The first kappa shape index (κ1) is 62.8. The highest BCUT2D eigenvalue weighted by Crippen LogP contribution is 2.32. The van der Waals surface area contributed by atoms with Gasteiger partial charge in [-0.3, -0.25) is 19.7 Å². The second-order valence-electron chi connectivity index (χ2n) is 20.5. The van der Waals surface area contributed by atoms with Gasteiger partial charge in [-0.1, -0.05) is 158 Å². The second kappa shape index (κ2) is 30.5. The van der Waals surface area contributed by atoms with Crippen molar-refractivity contribution in [1.29, 1.82) is 0 Å². The Hall–Kier alpha value is -9.25. The van der Waals surface area contributed by atoms with Gasteiger partial charge in [-0.15, -0.1) is 0 Å². The quantitative estimate of drug-likeness (QED) is 0.0181. The van der Waals surface area contributed by atoms with Gasteiger partial charge in [0.15, 0.2) is 4.90 Å². The van der Waals surface area contributed by atoms with Crippen LogP contribution in [0.1, 0.15) is 47.9 Å². The van der Waals surface area contributed by atoms with E-state index in [9.17, 15) is 47.3 Å². The monoisotopic (exact) mass is 1190 g/mol. The average molecular weight is 1190 g/mol. The highest BCUT2D eigenvalue weighted by molar-refractivity contribution is 7.89. The second-order valence-corrected chi connectivity index (χ2v) is 22.4. The summed E-state index contributed by atoms with van der Waals surface area (Å²) in [6.07, 6.45) is 0.523. The summed E-state index contributed by atoms with van der Waals surface area (Å²) >= 11 is 0. The third-order valence-electron chi connectivity index (χ3n) is 14.9. The summed E-state index contributed by atoms with van der Waals surface area (Å²) in [6.45, 7) is 1.30. The lowest BCUT2D eigenvalue weighted by atomic mass is 9.98.